The number of hydrogen-bond donors (Lipinski definition) is 1. The number of halogens is 4. The fourth-order valence-corrected chi connectivity index (χ4v) is 2.16. The van der Waals surface area contributed by atoms with Crippen LogP contribution in [0, 0.1) is 20.1 Å². The Bertz CT molecular complexity index is 723. The zero-order chi connectivity index (χ0) is 15.6. The van der Waals surface area contributed by atoms with Gasteiger partial charge in [-0.15, -0.1) is 4.91 Å². The monoisotopic (exact) mass is 422 g/mol. The molecule has 4 nitrogen and oxygen atoms in total. The van der Waals surface area contributed by atoms with Crippen LogP contribution >= 0.6 is 34.2 Å². The topological polar surface area (TPSA) is 58.5 Å². The highest BCUT2D eigenvalue weighted by Gasteiger charge is 2.22. The zero-order valence-electron chi connectivity index (χ0n) is 10.2. The van der Waals surface area contributed by atoms with Gasteiger partial charge in [-0.3, -0.25) is 4.79 Å². The summed E-state index contributed by atoms with van der Waals surface area (Å²) in [7, 11) is 0. The van der Waals surface area contributed by atoms with Gasteiger partial charge >= 0.3 is 5.91 Å². The Kier molecular flexibility index (Phi) is 4.84. The van der Waals surface area contributed by atoms with Crippen molar-refractivity contribution in [3.8, 4) is 0 Å². The number of nitroso groups, excluding NO2 is 1. The molecule has 0 saturated carbocycles. The molecule has 0 saturated heterocycles. The summed E-state index contributed by atoms with van der Waals surface area (Å²) < 4.78 is 28.4. The van der Waals surface area contributed by atoms with Crippen molar-refractivity contribution in [2.45, 2.75) is 0 Å². The largest absolute Gasteiger partial charge is 0.352 e. The summed E-state index contributed by atoms with van der Waals surface area (Å²) >= 11 is 7.55. The second kappa shape index (κ2) is 6.44. The van der Waals surface area contributed by atoms with Crippen molar-refractivity contribution in [3.63, 3.8) is 0 Å². The molecule has 0 atom stereocenters. The van der Waals surface area contributed by atoms with Gasteiger partial charge in [0.05, 0.1) is 16.3 Å². The third kappa shape index (κ3) is 3.35. The molecule has 0 aliphatic rings. The van der Waals surface area contributed by atoms with Crippen LogP contribution in [0.25, 0.3) is 0 Å². The number of nitrogens with one attached hydrogen (secondary N) is 1. The van der Waals surface area contributed by atoms with Crippen LogP contribution in [0.2, 0.25) is 5.02 Å². The highest BCUT2D eigenvalue weighted by molar-refractivity contribution is 14.1. The molecule has 0 aliphatic carbocycles. The lowest BCUT2D eigenvalue weighted by molar-refractivity contribution is 0.100. The molecule has 2 rings (SSSR count). The number of carbonyl (C=O) groups excluding carboxylic acids is 1. The van der Waals surface area contributed by atoms with Crippen LogP contribution in [0.4, 0.5) is 20.2 Å². The third-order valence-corrected chi connectivity index (χ3v) is 3.58. The number of anilines is 2. The van der Waals surface area contributed by atoms with E-state index in [1.165, 1.54) is 0 Å². The summed E-state index contributed by atoms with van der Waals surface area (Å²) in [6, 6.07) is 7.53. The third-order valence-electron chi connectivity index (χ3n) is 2.59. The maximum Gasteiger partial charge on any atom is 0.319 e. The van der Waals surface area contributed by atoms with Gasteiger partial charge in [0.25, 0.3) is 0 Å². The molecular weight excluding hydrogens is 417 g/mol. The Hall–Kier alpha value is -1.61. The second-order valence-electron chi connectivity index (χ2n) is 3.94. The molecule has 21 heavy (non-hydrogen) atoms. The molecule has 2 aromatic carbocycles. The number of benzene rings is 2. The molecule has 0 heterocycles. The fraction of sp³-hybridized carbons (Fsp3) is 0. The predicted molar refractivity (Wildman–Crippen MR) is 83.9 cm³/mol. The standard InChI is InChI=1S/C13H6ClF2IN2O2/c14-9-5-8(13(20)19-21)12(11(16)10(9)15)18-7-3-1-6(17)2-4-7/h1-5,18H. The Morgan fingerprint density at radius 3 is 2.38 bits per heavy atom. The molecule has 108 valence electrons. The number of carbonyl (C=O) groups is 1. The van der Waals surface area contributed by atoms with Crippen molar-refractivity contribution in [2.75, 3.05) is 5.32 Å². The molecule has 8 heteroatoms. The molecule has 1 amide bonds. The summed E-state index contributed by atoms with van der Waals surface area (Å²) in [6.07, 6.45) is 0. The van der Waals surface area contributed by atoms with E-state index in [0.717, 1.165) is 9.64 Å². The van der Waals surface area contributed by atoms with E-state index < -0.39 is 33.8 Å². The first-order chi connectivity index (χ1) is 9.93. The summed E-state index contributed by atoms with van der Waals surface area (Å²) in [4.78, 5) is 21.8. The summed E-state index contributed by atoms with van der Waals surface area (Å²) in [5, 5.41) is 4.16. The lowest BCUT2D eigenvalue weighted by atomic mass is 10.1. The van der Waals surface area contributed by atoms with E-state index in [4.69, 9.17) is 11.6 Å². The van der Waals surface area contributed by atoms with E-state index in [1.807, 2.05) is 0 Å². The van der Waals surface area contributed by atoms with E-state index in [1.54, 1.807) is 24.3 Å². The second-order valence-corrected chi connectivity index (χ2v) is 5.59. The number of hydrogen-bond acceptors (Lipinski definition) is 3. The molecule has 2 aromatic rings. The van der Waals surface area contributed by atoms with E-state index in [0.29, 0.717) is 5.69 Å². The quantitative estimate of drug-likeness (QED) is 0.436. The van der Waals surface area contributed by atoms with Gasteiger partial charge in [0.2, 0.25) is 0 Å². The van der Waals surface area contributed by atoms with E-state index in [-0.39, 0.29) is 0 Å². The van der Waals surface area contributed by atoms with Gasteiger partial charge < -0.3 is 5.32 Å². The van der Waals surface area contributed by atoms with Gasteiger partial charge in [-0.25, -0.2) is 8.78 Å². The van der Waals surface area contributed by atoms with Crippen LogP contribution in [-0.4, -0.2) is 5.91 Å². The molecule has 0 aliphatic heterocycles. The minimum absolute atomic E-state index is 0.413. The smallest absolute Gasteiger partial charge is 0.319 e. The first-order valence-corrected chi connectivity index (χ1v) is 6.97. The highest BCUT2D eigenvalue weighted by atomic mass is 127. The van der Waals surface area contributed by atoms with Crippen molar-refractivity contribution < 1.29 is 13.6 Å². The summed E-state index contributed by atoms with van der Waals surface area (Å²) in [5.41, 5.74) is -0.508. The van der Waals surface area contributed by atoms with Crippen molar-refractivity contribution in [3.05, 3.63) is 61.0 Å². The van der Waals surface area contributed by atoms with Gasteiger partial charge in [0.15, 0.2) is 11.6 Å². The Morgan fingerprint density at radius 2 is 1.81 bits per heavy atom. The van der Waals surface area contributed by atoms with E-state index >= 15 is 0 Å². The number of amides is 1. The molecule has 0 fully saturated rings. The van der Waals surface area contributed by atoms with Crippen molar-refractivity contribution in [1.82, 2.24) is 0 Å². The molecule has 0 spiro atoms. The molecular formula is C13H6ClF2IN2O2. The molecule has 0 bridgehead atoms. The van der Waals surface area contributed by atoms with Crippen LogP contribution in [0.3, 0.4) is 0 Å². The molecule has 0 aromatic heterocycles. The average molecular weight is 423 g/mol. The van der Waals surface area contributed by atoms with E-state index in [2.05, 4.69) is 33.1 Å². The summed E-state index contributed by atoms with van der Waals surface area (Å²) in [6.45, 7) is 0. The van der Waals surface area contributed by atoms with Crippen LogP contribution in [0.5, 0.6) is 0 Å². The Balaban J connectivity index is 2.55. The minimum atomic E-state index is -1.35. The summed E-state index contributed by atoms with van der Waals surface area (Å²) in [5.74, 6) is -3.91. The average Bonchev–Trinajstić information content (AvgIpc) is 2.48. The van der Waals surface area contributed by atoms with Crippen molar-refractivity contribution in [2.24, 2.45) is 5.18 Å². The van der Waals surface area contributed by atoms with Crippen LogP contribution in [0.1, 0.15) is 10.4 Å². The van der Waals surface area contributed by atoms with Crippen LogP contribution < -0.4 is 5.32 Å². The Morgan fingerprint density at radius 1 is 1.19 bits per heavy atom. The highest BCUT2D eigenvalue weighted by Crippen LogP contribution is 2.31. The first-order valence-electron chi connectivity index (χ1n) is 5.51. The predicted octanol–water partition coefficient (Wildman–Crippen LogP) is 4.87. The number of rotatable bonds is 3. The van der Waals surface area contributed by atoms with Crippen molar-refractivity contribution in [1.29, 1.82) is 0 Å². The van der Waals surface area contributed by atoms with Crippen LogP contribution in [-0.2, 0) is 0 Å². The SMILES string of the molecule is O=NC(=O)c1cc(Cl)c(F)c(F)c1Nc1ccc(I)cc1. The number of nitrogens with zero attached hydrogens (tertiary/aromatic N) is 1. The van der Waals surface area contributed by atoms with Crippen LogP contribution in [0.15, 0.2) is 35.5 Å². The molecule has 0 unspecified atom stereocenters. The van der Waals surface area contributed by atoms with Gasteiger partial charge in [0, 0.05) is 14.4 Å². The zero-order valence-corrected chi connectivity index (χ0v) is 13.1. The maximum atomic E-state index is 14.0. The normalized spacial score (nSPS) is 10.3. The van der Waals surface area contributed by atoms with Gasteiger partial charge in [-0.1, -0.05) is 11.6 Å². The van der Waals surface area contributed by atoms with Gasteiger partial charge in [0.1, 0.15) is 0 Å². The lowest BCUT2D eigenvalue weighted by Crippen LogP contribution is -2.06. The van der Waals surface area contributed by atoms with Gasteiger partial charge in [-0.2, -0.15) is 0 Å². The van der Waals surface area contributed by atoms with Gasteiger partial charge in [-0.05, 0) is 52.9 Å². The first kappa shape index (κ1) is 15.8. The molecule has 0 radical (unpaired) electrons. The molecule has 1 N–H and O–H groups in total. The minimum Gasteiger partial charge on any atom is -0.352 e. The fourth-order valence-electron chi connectivity index (χ4n) is 1.61. The maximum absolute atomic E-state index is 14.0. The van der Waals surface area contributed by atoms with E-state index in [9.17, 15) is 18.5 Å². The Labute approximate surface area is 136 Å². The van der Waals surface area contributed by atoms with Crippen molar-refractivity contribution >= 4 is 51.5 Å². The lowest BCUT2D eigenvalue weighted by Gasteiger charge is -2.12.